The van der Waals surface area contributed by atoms with Crippen LogP contribution in [0.4, 0.5) is 0 Å². The van der Waals surface area contributed by atoms with Crippen molar-refractivity contribution in [2.24, 2.45) is 11.8 Å². The van der Waals surface area contributed by atoms with Crippen molar-refractivity contribution < 1.29 is 4.79 Å². The minimum Gasteiger partial charge on any atom is -0.341 e. The van der Waals surface area contributed by atoms with Gasteiger partial charge in [0.05, 0.1) is 4.32 Å². The third-order valence-electron chi connectivity index (χ3n) is 3.77. The van der Waals surface area contributed by atoms with Crippen molar-refractivity contribution in [3.63, 3.8) is 0 Å². The fraction of sp³-hybridized carbons (Fsp3) is 0.917. The highest BCUT2D eigenvalue weighted by atomic mass is 79.9. The van der Waals surface area contributed by atoms with Crippen LogP contribution < -0.4 is 0 Å². The van der Waals surface area contributed by atoms with Crippen molar-refractivity contribution in [1.29, 1.82) is 0 Å². The van der Waals surface area contributed by atoms with Crippen molar-refractivity contribution >= 4 is 21.8 Å². The molecule has 1 aliphatic heterocycles. The third-order valence-corrected chi connectivity index (χ3v) is 4.11. The van der Waals surface area contributed by atoms with E-state index in [2.05, 4.69) is 20.8 Å². The molecule has 15 heavy (non-hydrogen) atoms. The Morgan fingerprint density at radius 2 is 1.67 bits per heavy atom. The maximum absolute atomic E-state index is 12.1. The minimum absolute atomic E-state index is 0.261. The van der Waals surface area contributed by atoms with E-state index in [0.29, 0.717) is 0 Å². The molecular formula is C12H20BrNO. The van der Waals surface area contributed by atoms with Crippen molar-refractivity contribution in [3.8, 4) is 0 Å². The first-order chi connectivity index (χ1) is 6.98. The number of fused-ring (bicyclic) bond motifs is 1. The van der Waals surface area contributed by atoms with Gasteiger partial charge >= 0.3 is 0 Å². The minimum atomic E-state index is -0.388. The zero-order valence-electron chi connectivity index (χ0n) is 9.63. The van der Waals surface area contributed by atoms with E-state index in [1.807, 2.05) is 13.8 Å². The molecule has 0 aromatic heterocycles. The average molecular weight is 274 g/mol. The van der Waals surface area contributed by atoms with E-state index in [4.69, 9.17) is 0 Å². The number of carbonyl (C=O) groups is 1. The maximum Gasteiger partial charge on any atom is 0.238 e. The number of halogens is 1. The zero-order valence-corrected chi connectivity index (χ0v) is 11.2. The van der Waals surface area contributed by atoms with E-state index in [0.717, 1.165) is 24.9 Å². The Kier molecular flexibility index (Phi) is 3.11. The molecule has 1 saturated carbocycles. The summed E-state index contributed by atoms with van der Waals surface area (Å²) in [6.45, 7) is 5.88. The predicted octanol–water partition coefficient (Wildman–Crippen LogP) is 2.81. The Balaban J connectivity index is 2.00. The number of nitrogens with zero attached hydrogens (tertiary/aromatic N) is 1. The topological polar surface area (TPSA) is 20.3 Å². The van der Waals surface area contributed by atoms with Gasteiger partial charge in [0.1, 0.15) is 0 Å². The highest BCUT2D eigenvalue weighted by molar-refractivity contribution is 9.10. The van der Waals surface area contributed by atoms with Crippen LogP contribution in [-0.2, 0) is 4.79 Å². The van der Waals surface area contributed by atoms with Crippen molar-refractivity contribution in [3.05, 3.63) is 0 Å². The van der Waals surface area contributed by atoms with Crippen LogP contribution in [0, 0.1) is 11.8 Å². The Morgan fingerprint density at radius 1 is 1.20 bits per heavy atom. The second-order valence-electron chi connectivity index (χ2n) is 5.49. The maximum atomic E-state index is 12.1. The highest BCUT2D eigenvalue weighted by Gasteiger charge is 2.39. The second kappa shape index (κ2) is 4.08. The largest absolute Gasteiger partial charge is 0.341 e. The van der Waals surface area contributed by atoms with Crippen molar-refractivity contribution in [2.75, 3.05) is 13.1 Å². The molecule has 2 fully saturated rings. The zero-order chi connectivity index (χ0) is 11.1. The molecule has 0 N–H and O–H groups in total. The standard InChI is InChI=1S/C12H20BrNO/c1-12(2,13)11(15)14-7-9-5-3-4-6-10(9)8-14/h9-10H,3-8H2,1-2H3. The molecule has 2 unspecified atom stereocenters. The summed E-state index contributed by atoms with van der Waals surface area (Å²) in [6, 6.07) is 0. The summed E-state index contributed by atoms with van der Waals surface area (Å²) in [5.41, 5.74) is 0. The summed E-state index contributed by atoms with van der Waals surface area (Å²) in [7, 11) is 0. The van der Waals surface area contributed by atoms with Gasteiger partial charge in [-0.25, -0.2) is 0 Å². The van der Waals surface area contributed by atoms with Gasteiger partial charge in [0.15, 0.2) is 0 Å². The van der Waals surface area contributed by atoms with Crippen LogP contribution in [0.25, 0.3) is 0 Å². The summed E-state index contributed by atoms with van der Waals surface area (Å²) in [5, 5.41) is 0. The number of alkyl halides is 1. The average Bonchev–Trinajstić information content (AvgIpc) is 2.58. The number of hydrogen-bond donors (Lipinski definition) is 0. The Bertz CT molecular complexity index is 245. The van der Waals surface area contributed by atoms with Gasteiger partial charge in [0, 0.05) is 13.1 Å². The smallest absolute Gasteiger partial charge is 0.238 e. The Hall–Kier alpha value is -0.0500. The molecule has 0 radical (unpaired) electrons. The van der Waals surface area contributed by atoms with Gasteiger partial charge < -0.3 is 4.90 Å². The van der Waals surface area contributed by atoms with Crippen molar-refractivity contribution in [2.45, 2.75) is 43.9 Å². The van der Waals surface area contributed by atoms with Gasteiger partial charge in [0.2, 0.25) is 5.91 Å². The van der Waals surface area contributed by atoms with E-state index in [-0.39, 0.29) is 10.2 Å². The number of likely N-dealkylation sites (tertiary alicyclic amines) is 1. The molecule has 1 aliphatic carbocycles. The summed E-state index contributed by atoms with van der Waals surface area (Å²) in [4.78, 5) is 14.2. The van der Waals surface area contributed by atoms with Crippen LogP contribution in [0.5, 0.6) is 0 Å². The molecule has 3 heteroatoms. The van der Waals surface area contributed by atoms with Crippen LogP contribution in [0.3, 0.4) is 0 Å². The third kappa shape index (κ3) is 2.38. The van der Waals surface area contributed by atoms with Gasteiger partial charge in [-0.2, -0.15) is 0 Å². The summed E-state index contributed by atoms with van der Waals surface area (Å²) >= 11 is 3.46. The molecule has 1 heterocycles. The number of rotatable bonds is 1. The van der Waals surface area contributed by atoms with Crippen LogP contribution in [-0.4, -0.2) is 28.2 Å². The molecule has 1 saturated heterocycles. The molecule has 2 nitrogen and oxygen atoms in total. The molecule has 86 valence electrons. The lowest BCUT2D eigenvalue weighted by molar-refractivity contribution is -0.131. The fourth-order valence-electron chi connectivity index (χ4n) is 2.95. The Labute approximate surface area is 101 Å². The molecule has 2 rings (SSSR count). The summed E-state index contributed by atoms with van der Waals surface area (Å²) in [6.07, 6.45) is 5.39. The van der Waals surface area contributed by atoms with E-state index in [9.17, 15) is 4.79 Å². The normalized spacial score (nSPS) is 31.5. The lowest BCUT2D eigenvalue weighted by Crippen LogP contribution is -2.40. The quantitative estimate of drug-likeness (QED) is 0.673. The van der Waals surface area contributed by atoms with E-state index < -0.39 is 0 Å². The lowest BCUT2D eigenvalue weighted by atomic mass is 9.82. The first-order valence-electron chi connectivity index (χ1n) is 5.97. The van der Waals surface area contributed by atoms with Gasteiger partial charge in [-0.1, -0.05) is 28.8 Å². The van der Waals surface area contributed by atoms with E-state index in [1.165, 1.54) is 25.7 Å². The van der Waals surface area contributed by atoms with Gasteiger partial charge in [0.25, 0.3) is 0 Å². The fourth-order valence-corrected chi connectivity index (χ4v) is 3.20. The number of amides is 1. The van der Waals surface area contributed by atoms with E-state index in [1.54, 1.807) is 0 Å². The SMILES string of the molecule is CC(C)(Br)C(=O)N1CC2CCCCC2C1. The van der Waals surface area contributed by atoms with Gasteiger partial charge in [-0.15, -0.1) is 0 Å². The van der Waals surface area contributed by atoms with Crippen molar-refractivity contribution in [1.82, 2.24) is 4.90 Å². The van der Waals surface area contributed by atoms with Crippen LogP contribution >= 0.6 is 15.9 Å². The van der Waals surface area contributed by atoms with Gasteiger partial charge in [-0.05, 0) is 38.5 Å². The first-order valence-corrected chi connectivity index (χ1v) is 6.76. The molecule has 0 aromatic rings. The highest BCUT2D eigenvalue weighted by Crippen LogP contribution is 2.37. The summed E-state index contributed by atoms with van der Waals surface area (Å²) in [5.74, 6) is 1.84. The number of hydrogen-bond acceptors (Lipinski definition) is 1. The predicted molar refractivity (Wildman–Crippen MR) is 65.0 cm³/mol. The molecule has 2 atom stereocenters. The van der Waals surface area contributed by atoms with Crippen LogP contribution in [0.15, 0.2) is 0 Å². The second-order valence-corrected chi connectivity index (χ2v) is 7.47. The Morgan fingerprint density at radius 3 is 2.07 bits per heavy atom. The molecule has 0 aromatic carbocycles. The van der Waals surface area contributed by atoms with E-state index >= 15 is 0 Å². The molecule has 1 amide bonds. The first kappa shape index (κ1) is 11.4. The lowest BCUT2D eigenvalue weighted by Gasteiger charge is -2.24. The number of carbonyl (C=O) groups excluding carboxylic acids is 1. The summed E-state index contributed by atoms with van der Waals surface area (Å²) < 4.78 is -0.388. The monoisotopic (exact) mass is 273 g/mol. The van der Waals surface area contributed by atoms with Crippen LogP contribution in [0.2, 0.25) is 0 Å². The molecule has 0 spiro atoms. The molecular weight excluding hydrogens is 254 g/mol. The molecule has 0 bridgehead atoms. The van der Waals surface area contributed by atoms with Gasteiger partial charge in [-0.3, -0.25) is 4.79 Å². The molecule has 2 aliphatic rings. The van der Waals surface area contributed by atoms with Crippen LogP contribution in [0.1, 0.15) is 39.5 Å².